The third-order valence-corrected chi connectivity index (χ3v) is 6.94. The van der Waals surface area contributed by atoms with Crippen LogP contribution in [0.3, 0.4) is 0 Å². The number of aromatic nitrogens is 1. The molecule has 2 aromatic rings. The highest BCUT2D eigenvalue weighted by Gasteiger charge is 2.39. The third-order valence-electron chi connectivity index (χ3n) is 6.94. The van der Waals surface area contributed by atoms with Crippen LogP contribution in [0, 0.1) is 11.8 Å². The number of para-hydroxylation sites is 1. The maximum absolute atomic E-state index is 13.6. The molecule has 2 heterocycles. The van der Waals surface area contributed by atoms with Crippen molar-refractivity contribution in [1.29, 1.82) is 0 Å². The molecule has 3 rings (SSSR count). The highest BCUT2D eigenvalue weighted by atomic mass is 16.4. The summed E-state index contributed by atoms with van der Waals surface area (Å²) in [6, 6.07) is 4.07. The van der Waals surface area contributed by atoms with Crippen molar-refractivity contribution in [2.75, 3.05) is 6.54 Å². The maximum atomic E-state index is 13.6. The van der Waals surface area contributed by atoms with E-state index in [0.29, 0.717) is 32.2 Å². The van der Waals surface area contributed by atoms with E-state index in [1.165, 1.54) is 4.90 Å². The smallest absolute Gasteiger partial charge is 0.326 e. The number of nitrogens with zero attached hydrogens (tertiary/aromatic N) is 1. The molecule has 0 spiro atoms. The van der Waals surface area contributed by atoms with Crippen LogP contribution in [0.5, 0.6) is 0 Å². The second-order valence-corrected chi connectivity index (χ2v) is 11.1. The van der Waals surface area contributed by atoms with Gasteiger partial charge in [0.2, 0.25) is 17.7 Å². The molecule has 10 heteroatoms. The number of aliphatic carboxylic acids is 1. The number of rotatable bonds is 12. The van der Waals surface area contributed by atoms with Crippen LogP contribution in [0.25, 0.3) is 10.9 Å². The van der Waals surface area contributed by atoms with E-state index in [4.69, 9.17) is 5.73 Å². The number of H-pyrrole nitrogens is 1. The molecule has 1 aromatic heterocycles. The Morgan fingerprint density at radius 2 is 1.74 bits per heavy atom. The average Bonchev–Trinajstić information content (AvgIpc) is 3.49. The SMILES string of the molecule is CC(C)CC(N)C(=O)NC(CC(C)C)C(=O)N1CCCC1C(=O)NC(Cc1c[nH]c2ccccc12)C(=O)O. The molecule has 1 fully saturated rings. The molecule has 3 amide bonds. The Balaban J connectivity index is 1.71. The van der Waals surface area contributed by atoms with Gasteiger partial charge in [-0.25, -0.2) is 4.79 Å². The summed E-state index contributed by atoms with van der Waals surface area (Å²) in [5.74, 6) is -2.04. The first-order valence-corrected chi connectivity index (χ1v) is 13.4. The quantitative estimate of drug-likeness (QED) is 0.285. The molecule has 0 aliphatic carbocycles. The number of amides is 3. The zero-order valence-electron chi connectivity index (χ0n) is 22.7. The molecule has 4 unspecified atom stereocenters. The molecule has 0 radical (unpaired) electrons. The molecular weight excluding hydrogens is 486 g/mol. The standard InChI is InChI=1S/C28H41N5O5/c1-16(2)12-20(29)25(34)31-22(13-17(3)4)27(36)33-11-7-10-24(33)26(35)32-23(28(37)38)14-18-15-30-21-9-6-5-8-19(18)21/h5-6,8-9,15-17,20,22-24,30H,7,10-14,29H2,1-4H3,(H,31,34)(H,32,35)(H,37,38). The summed E-state index contributed by atoms with van der Waals surface area (Å²) in [5.41, 5.74) is 7.71. The van der Waals surface area contributed by atoms with Crippen molar-refractivity contribution < 1.29 is 24.3 Å². The Labute approximate surface area is 223 Å². The van der Waals surface area contributed by atoms with Crippen LogP contribution in [-0.2, 0) is 25.6 Å². The lowest BCUT2D eigenvalue weighted by Crippen LogP contribution is -2.57. The minimum Gasteiger partial charge on any atom is -0.480 e. The van der Waals surface area contributed by atoms with E-state index < -0.39 is 36.0 Å². The highest BCUT2D eigenvalue weighted by Crippen LogP contribution is 2.22. The van der Waals surface area contributed by atoms with Gasteiger partial charge >= 0.3 is 5.97 Å². The van der Waals surface area contributed by atoms with Crippen molar-refractivity contribution in [1.82, 2.24) is 20.5 Å². The topological polar surface area (TPSA) is 158 Å². The van der Waals surface area contributed by atoms with Crippen molar-refractivity contribution in [2.24, 2.45) is 17.6 Å². The largest absolute Gasteiger partial charge is 0.480 e. The number of nitrogens with two attached hydrogens (primary N) is 1. The van der Waals surface area contributed by atoms with Crippen LogP contribution in [0.2, 0.25) is 0 Å². The molecule has 1 saturated heterocycles. The zero-order chi connectivity index (χ0) is 28.0. The summed E-state index contributed by atoms with van der Waals surface area (Å²) >= 11 is 0. The van der Waals surface area contributed by atoms with Gasteiger partial charge in [-0.1, -0.05) is 45.9 Å². The minimum atomic E-state index is -1.15. The minimum absolute atomic E-state index is 0.103. The van der Waals surface area contributed by atoms with Crippen LogP contribution in [-0.4, -0.2) is 69.4 Å². The van der Waals surface area contributed by atoms with Gasteiger partial charge in [0.1, 0.15) is 18.1 Å². The molecule has 208 valence electrons. The lowest BCUT2D eigenvalue weighted by molar-refractivity contribution is -0.145. The fourth-order valence-corrected chi connectivity index (χ4v) is 5.08. The van der Waals surface area contributed by atoms with Crippen molar-refractivity contribution in [3.63, 3.8) is 0 Å². The summed E-state index contributed by atoms with van der Waals surface area (Å²) in [6.45, 7) is 8.22. The summed E-state index contributed by atoms with van der Waals surface area (Å²) in [7, 11) is 0. The van der Waals surface area contributed by atoms with E-state index in [2.05, 4.69) is 15.6 Å². The molecule has 6 N–H and O–H groups in total. The molecular formula is C28H41N5O5. The van der Waals surface area contributed by atoms with Crippen molar-refractivity contribution in [3.8, 4) is 0 Å². The van der Waals surface area contributed by atoms with Gasteiger partial charge in [-0.2, -0.15) is 0 Å². The van der Waals surface area contributed by atoms with Crippen LogP contribution in [0.1, 0.15) is 58.9 Å². The number of carboxylic acids is 1. The van der Waals surface area contributed by atoms with Gasteiger partial charge in [-0.05, 0) is 49.1 Å². The van der Waals surface area contributed by atoms with Crippen molar-refractivity contribution >= 4 is 34.6 Å². The van der Waals surface area contributed by atoms with E-state index in [0.717, 1.165) is 16.5 Å². The first kappa shape index (κ1) is 29.2. The van der Waals surface area contributed by atoms with Gasteiger partial charge in [0.25, 0.3) is 0 Å². The Morgan fingerprint density at radius 1 is 1.05 bits per heavy atom. The number of aromatic amines is 1. The Bertz CT molecular complexity index is 1140. The molecule has 1 aliphatic rings. The Morgan fingerprint density at radius 3 is 2.39 bits per heavy atom. The predicted molar refractivity (Wildman–Crippen MR) is 145 cm³/mol. The zero-order valence-corrected chi connectivity index (χ0v) is 22.7. The third kappa shape index (κ3) is 7.34. The summed E-state index contributed by atoms with van der Waals surface area (Å²) in [6.07, 6.45) is 3.79. The van der Waals surface area contributed by atoms with Gasteiger partial charge in [-0.15, -0.1) is 0 Å². The molecule has 38 heavy (non-hydrogen) atoms. The van der Waals surface area contributed by atoms with Crippen LogP contribution in [0.15, 0.2) is 30.5 Å². The average molecular weight is 528 g/mol. The van der Waals surface area contributed by atoms with Gasteiger partial charge in [0, 0.05) is 30.1 Å². The molecule has 0 saturated carbocycles. The van der Waals surface area contributed by atoms with Crippen LogP contribution < -0.4 is 16.4 Å². The number of carboxylic acid groups (broad SMARTS) is 1. The first-order valence-electron chi connectivity index (χ1n) is 13.4. The van der Waals surface area contributed by atoms with Gasteiger partial charge in [-0.3, -0.25) is 14.4 Å². The maximum Gasteiger partial charge on any atom is 0.326 e. The van der Waals surface area contributed by atoms with E-state index >= 15 is 0 Å². The summed E-state index contributed by atoms with van der Waals surface area (Å²) in [5, 5.41) is 16.2. The lowest BCUT2D eigenvalue weighted by atomic mass is 10.00. The molecule has 1 aliphatic heterocycles. The second kappa shape index (κ2) is 12.9. The number of hydrogen-bond donors (Lipinski definition) is 5. The molecule has 0 bridgehead atoms. The number of hydrogen-bond acceptors (Lipinski definition) is 5. The van der Waals surface area contributed by atoms with Crippen molar-refractivity contribution in [2.45, 2.75) is 84.0 Å². The Hall–Kier alpha value is -3.40. The number of carbonyl (C=O) groups excluding carboxylic acids is 3. The second-order valence-electron chi connectivity index (χ2n) is 11.1. The predicted octanol–water partition coefficient (Wildman–Crippen LogP) is 2.18. The van der Waals surface area contributed by atoms with E-state index in [-0.39, 0.29) is 30.1 Å². The normalized spacial score (nSPS) is 18.0. The van der Waals surface area contributed by atoms with E-state index in [1.54, 1.807) is 6.20 Å². The molecule has 4 atom stereocenters. The van der Waals surface area contributed by atoms with E-state index in [9.17, 15) is 24.3 Å². The number of benzene rings is 1. The number of likely N-dealkylation sites (tertiary alicyclic amines) is 1. The van der Waals surface area contributed by atoms with Crippen LogP contribution >= 0.6 is 0 Å². The summed E-state index contributed by atoms with van der Waals surface area (Å²) in [4.78, 5) is 56.2. The number of carbonyl (C=O) groups is 4. The number of nitrogens with one attached hydrogen (secondary N) is 3. The van der Waals surface area contributed by atoms with Crippen LogP contribution in [0.4, 0.5) is 0 Å². The lowest BCUT2D eigenvalue weighted by Gasteiger charge is -2.30. The Kier molecular flexibility index (Phi) is 9.90. The van der Waals surface area contributed by atoms with Gasteiger partial charge in [0.05, 0.1) is 6.04 Å². The highest BCUT2D eigenvalue weighted by molar-refractivity contribution is 5.94. The summed E-state index contributed by atoms with van der Waals surface area (Å²) < 4.78 is 0. The molecule has 1 aromatic carbocycles. The molecule has 10 nitrogen and oxygen atoms in total. The van der Waals surface area contributed by atoms with E-state index in [1.807, 2.05) is 52.0 Å². The fourth-order valence-electron chi connectivity index (χ4n) is 5.08. The first-order chi connectivity index (χ1) is 18.0. The fraction of sp³-hybridized carbons (Fsp3) is 0.571. The number of fused-ring (bicyclic) bond motifs is 1. The monoisotopic (exact) mass is 527 g/mol. The van der Waals surface area contributed by atoms with Crippen molar-refractivity contribution in [3.05, 3.63) is 36.0 Å². The van der Waals surface area contributed by atoms with Gasteiger partial charge in [0.15, 0.2) is 0 Å². The van der Waals surface area contributed by atoms with Gasteiger partial charge < -0.3 is 31.4 Å².